The van der Waals surface area contributed by atoms with E-state index in [9.17, 15) is 24.0 Å². The first-order valence-electron chi connectivity index (χ1n) is 10.4. The van der Waals surface area contributed by atoms with Crippen LogP contribution in [-0.4, -0.2) is 86.3 Å². The molecule has 4 atom stereocenters. The predicted molar refractivity (Wildman–Crippen MR) is 117 cm³/mol. The van der Waals surface area contributed by atoms with Crippen molar-refractivity contribution in [2.75, 3.05) is 12.3 Å². The number of carboxylic acid groups (broad SMARTS) is 2. The van der Waals surface area contributed by atoms with Crippen molar-refractivity contribution < 1.29 is 34.2 Å². The van der Waals surface area contributed by atoms with Gasteiger partial charge in [0.25, 0.3) is 0 Å². The molecule has 4 unspecified atom stereocenters. The first-order valence-corrected chi connectivity index (χ1v) is 11.0. The number of hydrogen-bond donors (Lipinski definition) is 8. The summed E-state index contributed by atoms with van der Waals surface area (Å²) < 4.78 is 0. The highest BCUT2D eigenvalue weighted by atomic mass is 32.1. The molecule has 1 aromatic rings. The van der Waals surface area contributed by atoms with Gasteiger partial charge in [-0.05, 0) is 25.8 Å². The lowest BCUT2D eigenvalue weighted by Gasteiger charge is -2.24. The SMILES string of the molecule is O=C(O)CCC(NC(=O)C(Cc1cnc[nH]1)NC(=O)C1CCCN1)C(=O)NC(CS)C(=O)O. The first-order chi connectivity index (χ1) is 15.7. The van der Waals surface area contributed by atoms with E-state index in [0.717, 1.165) is 6.42 Å². The number of amides is 3. The van der Waals surface area contributed by atoms with Crippen LogP contribution >= 0.6 is 12.6 Å². The fourth-order valence-corrected chi connectivity index (χ4v) is 3.52. The summed E-state index contributed by atoms with van der Waals surface area (Å²) in [5, 5.41) is 28.5. The third-order valence-electron chi connectivity index (χ3n) is 5.07. The fourth-order valence-electron chi connectivity index (χ4n) is 3.27. The van der Waals surface area contributed by atoms with E-state index in [4.69, 9.17) is 10.2 Å². The van der Waals surface area contributed by atoms with Crippen LogP contribution in [0.3, 0.4) is 0 Å². The molecule has 0 spiro atoms. The number of aromatic nitrogens is 2. The van der Waals surface area contributed by atoms with Gasteiger partial charge < -0.3 is 36.5 Å². The van der Waals surface area contributed by atoms with Crippen molar-refractivity contribution in [1.29, 1.82) is 0 Å². The van der Waals surface area contributed by atoms with E-state index < -0.39 is 54.3 Å². The molecule has 0 aromatic carbocycles. The van der Waals surface area contributed by atoms with Crippen molar-refractivity contribution in [3.63, 3.8) is 0 Å². The molecule has 0 bridgehead atoms. The molecule has 0 radical (unpaired) electrons. The fraction of sp³-hybridized carbons (Fsp3) is 0.579. The lowest BCUT2D eigenvalue weighted by molar-refractivity contribution is -0.142. The van der Waals surface area contributed by atoms with Gasteiger partial charge in [0.2, 0.25) is 17.7 Å². The molecular formula is C19H28N6O7S. The highest BCUT2D eigenvalue weighted by molar-refractivity contribution is 7.80. The number of carboxylic acids is 2. The summed E-state index contributed by atoms with van der Waals surface area (Å²) in [6.07, 6.45) is 3.67. The Labute approximate surface area is 194 Å². The third kappa shape index (κ3) is 8.38. The van der Waals surface area contributed by atoms with Crippen LogP contribution < -0.4 is 21.3 Å². The van der Waals surface area contributed by atoms with Gasteiger partial charge in [-0.1, -0.05) is 0 Å². The Hall–Kier alpha value is -3.13. The number of hydrogen-bond acceptors (Lipinski definition) is 8. The van der Waals surface area contributed by atoms with Gasteiger partial charge in [-0.2, -0.15) is 12.6 Å². The highest BCUT2D eigenvalue weighted by Crippen LogP contribution is 2.08. The molecule has 7 N–H and O–H groups in total. The number of nitrogens with zero attached hydrogens (tertiary/aromatic N) is 1. The average molecular weight is 485 g/mol. The van der Waals surface area contributed by atoms with Gasteiger partial charge >= 0.3 is 11.9 Å². The molecular weight excluding hydrogens is 456 g/mol. The molecule has 182 valence electrons. The van der Waals surface area contributed by atoms with Crippen LogP contribution in [0.2, 0.25) is 0 Å². The summed E-state index contributed by atoms with van der Waals surface area (Å²) in [4.78, 5) is 67.1. The van der Waals surface area contributed by atoms with E-state index in [2.05, 4.69) is 43.9 Å². The van der Waals surface area contributed by atoms with E-state index in [1.54, 1.807) is 0 Å². The second-order valence-electron chi connectivity index (χ2n) is 7.57. The summed E-state index contributed by atoms with van der Waals surface area (Å²) in [7, 11) is 0. The molecule has 2 heterocycles. The molecule has 0 saturated carbocycles. The molecule has 3 amide bonds. The molecule has 1 aliphatic heterocycles. The Bertz CT molecular complexity index is 844. The van der Waals surface area contributed by atoms with Crippen LogP contribution in [-0.2, 0) is 30.4 Å². The molecule has 1 fully saturated rings. The largest absolute Gasteiger partial charge is 0.481 e. The van der Waals surface area contributed by atoms with E-state index in [1.165, 1.54) is 12.5 Å². The molecule has 1 saturated heterocycles. The van der Waals surface area contributed by atoms with E-state index >= 15 is 0 Å². The molecule has 1 aromatic heterocycles. The zero-order chi connectivity index (χ0) is 24.4. The van der Waals surface area contributed by atoms with Crippen LogP contribution in [0.25, 0.3) is 0 Å². The van der Waals surface area contributed by atoms with Crippen LogP contribution in [0.4, 0.5) is 0 Å². The van der Waals surface area contributed by atoms with E-state index in [0.29, 0.717) is 18.7 Å². The predicted octanol–water partition coefficient (Wildman–Crippen LogP) is -1.96. The molecule has 33 heavy (non-hydrogen) atoms. The number of thiol groups is 1. The number of rotatable bonds is 13. The Balaban J connectivity index is 2.14. The Morgan fingerprint density at radius 2 is 1.79 bits per heavy atom. The van der Waals surface area contributed by atoms with Crippen molar-refractivity contribution in [2.24, 2.45) is 0 Å². The third-order valence-corrected chi connectivity index (χ3v) is 5.43. The summed E-state index contributed by atoms with van der Waals surface area (Å²) >= 11 is 3.88. The van der Waals surface area contributed by atoms with Gasteiger partial charge in [-0.15, -0.1) is 0 Å². The average Bonchev–Trinajstić information content (AvgIpc) is 3.47. The maximum Gasteiger partial charge on any atom is 0.327 e. The number of nitrogens with one attached hydrogen (secondary N) is 5. The minimum Gasteiger partial charge on any atom is -0.481 e. The Kier molecular flexibility index (Phi) is 10.1. The normalized spacial score (nSPS) is 18.0. The summed E-state index contributed by atoms with van der Waals surface area (Å²) in [5.41, 5.74) is 0.558. The monoisotopic (exact) mass is 484 g/mol. The topological polar surface area (TPSA) is 203 Å². The molecule has 13 nitrogen and oxygen atoms in total. The molecule has 1 aliphatic rings. The Morgan fingerprint density at radius 1 is 1.09 bits per heavy atom. The van der Waals surface area contributed by atoms with Gasteiger partial charge in [0, 0.05) is 30.5 Å². The first kappa shape index (κ1) is 26.1. The van der Waals surface area contributed by atoms with Gasteiger partial charge in [0.15, 0.2) is 0 Å². The summed E-state index contributed by atoms with van der Waals surface area (Å²) in [6.45, 7) is 0.683. The van der Waals surface area contributed by atoms with Crippen molar-refractivity contribution in [1.82, 2.24) is 31.2 Å². The van der Waals surface area contributed by atoms with Crippen LogP contribution in [0, 0.1) is 0 Å². The van der Waals surface area contributed by atoms with Crippen LogP contribution in [0.15, 0.2) is 12.5 Å². The van der Waals surface area contributed by atoms with Crippen LogP contribution in [0.1, 0.15) is 31.4 Å². The second kappa shape index (κ2) is 12.8. The van der Waals surface area contributed by atoms with Crippen molar-refractivity contribution in [3.8, 4) is 0 Å². The van der Waals surface area contributed by atoms with Crippen molar-refractivity contribution in [2.45, 2.75) is 56.3 Å². The standard InChI is InChI=1S/C19H28N6O7S/c26-15(27)4-3-12(17(29)25-14(8-33)19(31)32)23-18(30)13(6-10-7-20-9-22-10)24-16(28)11-2-1-5-21-11/h7,9,11-14,21,33H,1-6,8H2,(H,20,22)(H,23,30)(H,24,28)(H,25,29)(H,26,27)(H,31,32). The quantitative estimate of drug-likeness (QED) is 0.146. The molecule has 2 rings (SSSR count). The molecule has 14 heteroatoms. The number of aliphatic carboxylic acids is 2. The Morgan fingerprint density at radius 3 is 2.33 bits per heavy atom. The summed E-state index contributed by atoms with van der Waals surface area (Å²) in [5.74, 6) is -4.68. The minimum atomic E-state index is -1.33. The van der Waals surface area contributed by atoms with Crippen molar-refractivity contribution in [3.05, 3.63) is 18.2 Å². The second-order valence-corrected chi connectivity index (χ2v) is 7.93. The highest BCUT2D eigenvalue weighted by Gasteiger charge is 2.31. The maximum absolute atomic E-state index is 13.0. The van der Waals surface area contributed by atoms with Gasteiger partial charge in [-0.25, -0.2) is 9.78 Å². The maximum atomic E-state index is 13.0. The molecule has 0 aliphatic carbocycles. The zero-order valence-electron chi connectivity index (χ0n) is 17.7. The minimum absolute atomic E-state index is 0.0476. The lowest BCUT2D eigenvalue weighted by atomic mass is 10.1. The number of imidazole rings is 1. The van der Waals surface area contributed by atoms with Crippen LogP contribution in [0.5, 0.6) is 0 Å². The number of aromatic amines is 1. The van der Waals surface area contributed by atoms with E-state index in [-0.39, 0.29) is 24.5 Å². The summed E-state index contributed by atoms with van der Waals surface area (Å²) in [6, 6.07) is -4.18. The van der Waals surface area contributed by atoms with E-state index in [1.807, 2.05) is 0 Å². The van der Waals surface area contributed by atoms with Crippen molar-refractivity contribution >= 4 is 42.3 Å². The van der Waals surface area contributed by atoms with Gasteiger partial charge in [-0.3, -0.25) is 19.2 Å². The zero-order valence-corrected chi connectivity index (χ0v) is 18.6. The lowest BCUT2D eigenvalue weighted by Crippen LogP contribution is -2.57. The smallest absolute Gasteiger partial charge is 0.327 e. The van der Waals surface area contributed by atoms with Gasteiger partial charge in [0.05, 0.1) is 12.4 Å². The van der Waals surface area contributed by atoms with Gasteiger partial charge in [0.1, 0.15) is 18.1 Å². The number of H-pyrrole nitrogens is 1. The number of carbonyl (C=O) groups is 5. The number of carbonyl (C=O) groups excluding carboxylic acids is 3.